The number of rotatable bonds is 17. The van der Waals surface area contributed by atoms with Crippen LogP contribution < -0.4 is 14.9 Å². The topological polar surface area (TPSA) is 137 Å². The Morgan fingerprint density at radius 3 is 2.39 bits per heavy atom. The molecule has 1 aliphatic heterocycles. The molecule has 1 atom stereocenters. The van der Waals surface area contributed by atoms with Gasteiger partial charge in [-0.25, -0.2) is 18.4 Å². The number of nitro groups is 1. The van der Waals surface area contributed by atoms with E-state index in [-0.39, 0.29) is 28.1 Å². The highest BCUT2D eigenvalue weighted by atomic mass is 32.2. The molecule has 0 radical (unpaired) electrons. The molecule has 4 aromatic carbocycles. The van der Waals surface area contributed by atoms with Crippen LogP contribution in [0.2, 0.25) is 0 Å². The van der Waals surface area contributed by atoms with Gasteiger partial charge >= 0.3 is 0 Å². The third kappa shape index (κ3) is 10.9. The van der Waals surface area contributed by atoms with E-state index < -0.39 is 14.9 Å². The highest BCUT2D eigenvalue weighted by molar-refractivity contribution is 7.99. The number of nitro benzene ring substituents is 1. The van der Waals surface area contributed by atoms with Crippen molar-refractivity contribution in [3.05, 3.63) is 119 Å². The highest BCUT2D eigenvalue weighted by Gasteiger charge is 2.26. The Hall–Kier alpha value is -4.67. The Bertz CT molecular complexity index is 2370. The van der Waals surface area contributed by atoms with E-state index in [4.69, 9.17) is 0 Å². The van der Waals surface area contributed by atoms with Crippen LogP contribution in [-0.4, -0.2) is 105 Å². The zero-order valence-electron chi connectivity index (χ0n) is 33.8. The third-order valence-electron chi connectivity index (χ3n) is 11.0. The molecule has 2 N–H and O–H groups in total. The first kappa shape index (κ1) is 42.5. The summed E-state index contributed by atoms with van der Waals surface area (Å²) in [7, 11) is -0.287. The summed E-state index contributed by atoms with van der Waals surface area (Å²) in [6.07, 6.45) is 8.97. The van der Waals surface area contributed by atoms with Crippen molar-refractivity contribution < 1.29 is 13.3 Å². The summed E-state index contributed by atoms with van der Waals surface area (Å²) in [6, 6.07) is 28.6. The van der Waals surface area contributed by atoms with Crippen LogP contribution in [0, 0.1) is 10.1 Å². The predicted molar refractivity (Wildman–Crippen MR) is 243 cm³/mol. The molecule has 12 nitrogen and oxygen atoms in total. The largest absolute Gasteiger partial charge is 0.376 e. The Kier molecular flexibility index (Phi) is 14.1. The van der Waals surface area contributed by atoms with Crippen molar-refractivity contribution in [2.75, 3.05) is 80.3 Å². The van der Waals surface area contributed by atoms with Gasteiger partial charge in [-0.1, -0.05) is 35.9 Å². The Labute approximate surface area is 356 Å². The fourth-order valence-electron chi connectivity index (χ4n) is 7.72. The van der Waals surface area contributed by atoms with E-state index in [9.17, 15) is 18.5 Å². The van der Waals surface area contributed by atoms with Crippen molar-refractivity contribution in [3.63, 3.8) is 0 Å². The van der Waals surface area contributed by atoms with E-state index in [1.165, 1.54) is 47.3 Å². The SMILES string of the molecule is CSc1ccc(C2=C(CN3CCN(c4ccc5c(NS(=O)(=O)c6ccc(NC(CCN(C)C)CSc7ccccc7)c([N+](=O)[O-])c6)ncnc5c4)CC3)CCCC2)cc1. The molecule has 1 aliphatic carbocycles. The number of anilines is 3. The molecule has 0 spiro atoms. The quantitative estimate of drug-likeness (QED) is 0.0526. The number of nitrogens with one attached hydrogen (secondary N) is 2. The lowest BCUT2D eigenvalue weighted by Crippen LogP contribution is -2.47. The maximum Gasteiger partial charge on any atom is 0.293 e. The van der Waals surface area contributed by atoms with Crippen LogP contribution in [0.1, 0.15) is 37.7 Å². The van der Waals surface area contributed by atoms with Gasteiger partial charge in [-0.15, -0.1) is 23.5 Å². The molecular weight excluding hydrogens is 801 g/mol. The standard InChI is InChI=1S/C44H52N8O4S3/c1-49(2)22-21-34(30-58-37-10-5-4-6-11-37)47-41-20-18-38(28-43(41)52(53)54)59(55,56)48-44-40-19-15-35(27-42(40)45-31-46-44)51-25-23-50(24-26-51)29-33-9-7-8-12-39(33)32-13-16-36(57-3)17-14-32/h4-6,10-11,13-20,27-28,31,34,47H,7-9,12,21-26,29-30H2,1-3H3,(H,45,46,48). The minimum absolute atomic E-state index is 0.107. The third-order valence-corrected chi connectivity index (χ3v) is 14.2. The maximum atomic E-state index is 13.8. The average Bonchev–Trinajstić information content (AvgIpc) is 3.25. The molecule has 0 amide bonds. The minimum Gasteiger partial charge on any atom is -0.376 e. The zero-order valence-corrected chi connectivity index (χ0v) is 36.3. The number of hydrogen-bond donors (Lipinski definition) is 2. The molecule has 1 aromatic heterocycles. The normalized spacial score (nSPS) is 15.8. The van der Waals surface area contributed by atoms with Gasteiger partial charge in [-0.05, 0) is 125 Å². The van der Waals surface area contributed by atoms with Gasteiger partial charge < -0.3 is 15.1 Å². The second kappa shape index (κ2) is 19.6. The van der Waals surface area contributed by atoms with Crippen molar-refractivity contribution in [1.82, 2.24) is 19.8 Å². The van der Waals surface area contributed by atoms with Gasteiger partial charge in [0.25, 0.3) is 15.7 Å². The molecule has 5 aromatic rings. The number of piperazine rings is 1. The summed E-state index contributed by atoms with van der Waals surface area (Å²) in [6.45, 7) is 5.39. The summed E-state index contributed by atoms with van der Waals surface area (Å²) in [4.78, 5) is 29.7. The van der Waals surface area contributed by atoms with E-state index >= 15 is 0 Å². The molecular formula is C44H52N8O4S3. The molecule has 310 valence electrons. The van der Waals surface area contributed by atoms with Crippen LogP contribution >= 0.6 is 23.5 Å². The van der Waals surface area contributed by atoms with Crippen molar-refractivity contribution in [1.29, 1.82) is 0 Å². The molecule has 0 bridgehead atoms. The number of sulfonamides is 1. The maximum absolute atomic E-state index is 13.8. The number of hydrogen-bond acceptors (Lipinski definition) is 12. The molecule has 0 saturated carbocycles. The van der Waals surface area contributed by atoms with Crippen LogP contribution in [0.3, 0.4) is 0 Å². The van der Waals surface area contributed by atoms with Gasteiger partial charge in [0.2, 0.25) is 0 Å². The molecule has 59 heavy (non-hydrogen) atoms. The zero-order chi connectivity index (χ0) is 41.4. The molecule has 2 heterocycles. The number of benzene rings is 4. The molecule has 15 heteroatoms. The number of nitrogens with zero attached hydrogens (tertiary/aromatic N) is 6. The van der Waals surface area contributed by atoms with E-state index in [2.05, 4.69) is 65.2 Å². The molecule has 7 rings (SSSR count). The lowest BCUT2D eigenvalue weighted by molar-refractivity contribution is -0.384. The molecule has 2 aliphatic rings. The van der Waals surface area contributed by atoms with Crippen LogP contribution in [0.5, 0.6) is 0 Å². The second-order valence-corrected chi connectivity index (χ2v) is 19.0. The number of fused-ring (bicyclic) bond motifs is 1. The highest BCUT2D eigenvalue weighted by Crippen LogP contribution is 2.35. The van der Waals surface area contributed by atoms with Crippen LogP contribution in [0.4, 0.5) is 22.9 Å². The average molecular weight is 853 g/mol. The predicted octanol–water partition coefficient (Wildman–Crippen LogP) is 8.74. The number of thioether (sulfide) groups is 2. The van der Waals surface area contributed by atoms with Crippen molar-refractivity contribution in [2.24, 2.45) is 0 Å². The lowest BCUT2D eigenvalue weighted by atomic mass is 9.87. The smallest absolute Gasteiger partial charge is 0.293 e. The fraction of sp³-hybridized carbons (Fsp3) is 0.364. The summed E-state index contributed by atoms with van der Waals surface area (Å²) >= 11 is 3.44. The first-order valence-corrected chi connectivity index (χ1v) is 23.7. The van der Waals surface area contributed by atoms with Crippen molar-refractivity contribution in [2.45, 2.75) is 52.8 Å². The lowest BCUT2D eigenvalue weighted by Gasteiger charge is -2.37. The Morgan fingerprint density at radius 1 is 0.898 bits per heavy atom. The van der Waals surface area contributed by atoms with E-state index in [1.54, 1.807) is 29.1 Å². The van der Waals surface area contributed by atoms with Crippen LogP contribution in [0.15, 0.2) is 118 Å². The summed E-state index contributed by atoms with van der Waals surface area (Å²) in [5.74, 6) is 0.779. The molecule has 1 saturated heterocycles. The van der Waals surface area contributed by atoms with Crippen molar-refractivity contribution >= 4 is 72.9 Å². The first-order chi connectivity index (χ1) is 28.6. The minimum atomic E-state index is -4.25. The molecule has 1 unspecified atom stereocenters. The summed E-state index contributed by atoms with van der Waals surface area (Å²) in [5, 5.41) is 16.2. The van der Waals surface area contributed by atoms with E-state index in [0.29, 0.717) is 16.7 Å². The Morgan fingerprint density at radius 2 is 1.66 bits per heavy atom. The van der Waals surface area contributed by atoms with Gasteiger partial charge in [0, 0.05) is 71.4 Å². The summed E-state index contributed by atoms with van der Waals surface area (Å²) in [5.41, 5.74) is 6.01. The van der Waals surface area contributed by atoms with Gasteiger partial charge in [0.1, 0.15) is 12.0 Å². The van der Waals surface area contributed by atoms with Crippen LogP contribution in [-0.2, 0) is 10.0 Å². The van der Waals surface area contributed by atoms with E-state index in [1.807, 2.05) is 62.6 Å². The van der Waals surface area contributed by atoms with Gasteiger partial charge in [-0.3, -0.25) is 19.7 Å². The first-order valence-electron chi connectivity index (χ1n) is 20.0. The van der Waals surface area contributed by atoms with Gasteiger partial charge in [0.05, 0.1) is 15.3 Å². The Balaban J connectivity index is 1.02. The summed E-state index contributed by atoms with van der Waals surface area (Å²) < 4.78 is 30.1. The van der Waals surface area contributed by atoms with E-state index in [0.717, 1.165) is 75.2 Å². The second-order valence-electron chi connectivity index (χ2n) is 15.3. The van der Waals surface area contributed by atoms with Crippen molar-refractivity contribution in [3.8, 4) is 0 Å². The monoisotopic (exact) mass is 852 g/mol. The number of allylic oxidation sites excluding steroid dienone is 1. The fourth-order valence-corrected chi connectivity index (χ4v) is 10.2. The van der Waals surface area contributed by atoms with Gasteiger partial charge in [0.15, 0.2) is 5.82 Å². The van der Waals surface area contributed by atoms with Gasteiger partial charge in [-0.2, -0.15) is 0 Å². The van der Waals surface area contributed by atoms with Crippen LogP contribution in [0.25, 0.3) is 16.5 Å². The number of aromatic nitrogens is 2. The molecule has 1 fully saturated rings.